The zero-order valence-electron chi connectivity index (χ0n) is 16.8. The fourth-order valence-electron chi connectivity index (χ4n) is 2.60. The van der Waals surface area contributed by atoms with Gasteiger partial charge in [0.1, 0.15) is 0 Å². The number of para-hydroxylation sites is 2. The molecule has 0 aliphatic heterocycles. The highest BCUT2D eigenvalue weighted by molar-refractivity contribution is 7.92. The van der Waals surface area contributed by atoms with E-state index in [2.05, 4.69) is 11.6 Å². The van der Waals surface area contributed by atoms with Crippen LogP contribution in [-0.4, -0.2) is 27.4 Å². The van der Waals surface area contributed by atoms with Crippen LogP contribution in [0.5, 0.6) is 11.5 Å². The molecule has 1 N–H and O–H groups in total. The summed E-state index contributed by atoms with van der Waals surface area (Å²) in [5, 5.41) is 0. The van der Waals surface area contributed by atoms with Gasteiger partial charge in [-0.25, -0.2) is 8.42 Å². The Kier molecular flexibility index (Phi) is 9.14. The molecule has 0 aliphatic rings. The Bertz CT molecular complexity index is 804. The van der Waals surface area contributed by atoms with E-state index in [1.807, 2.05) is 43.3 Å². The molecule has 0 heterocycles. The Morgan fingerprint density at radius 1 is 0.821 bits per heavy atom. The zero-order chi connectivity index (χ0) is 20.2. The van der Waals surface area contributed by atoms with Crippen molar-refractivity contribution in [1.29, 1.82) is 0 Å². The van der Waals surface area contributed by atoms with Gasteiger partial charge in [0.2, 0.25) is 10.0 Å². The SMILES string of the molecule is CCCCOc1ccccc1OCCc1ccc(NS(=O)(=O)CCCC)cc1. The number of hydrogen-bond acceptors (Lipinski definition) is 4. The molecule has 28 heavy (non-hydrogen) atoms. The molecule has 0 aromatic heterocycles. The van der Waals surface area contributed by atoms with E-state index in [0.717, 1.165) is 42.7 Å². The molecule has 0 unspecified atom stereocenters. The average Bonchev–Trinajstić information content (AvgIpc) is 2.69. The van der Waals surface area contributed by atoms with Gasteiger partial charge in [0, 0.05) is 12.1 Å². The first kappa shape index (κ1) is 22.1. The summed E-state index contributed by atoms with van der Waals surface area (Å²) in [6, 6.07) is 15.1. The molecule has 2 aromatic rings. The molecule has 0 radical (unpaired) electrons. The third-order valence-electron chi connectivity index (χ3n) is 4.25. The topological polar surface area (TPSA) is 64.6 Å². The van der Waals surface area contributed by atoms with Crippen LogP contribution >= 0.6 is 0 Å². The summed E-state index contributed by atoms with van der Waals surface area (Å²) < 4.78 is 38.2. The van der Waals surface area contributed by atoms with Crippen molar-refractivity contribution in [2.75, 3.05) is 23.7 Å². The molecule has 0 bridgehead atoms. The smallest absolute Gasteiger partial charge is 0.232 e. The molecule has 2 rings (SSSR count). The Morgan fingerprint density at radius 3 is 2.04 bits per heavy atom. The van der Waals surface area contributed by atoms with E-state index < -0.39 is 10.0 Å². The van der Waals surface area contributed by atoms with Gasteiger partial charge in [0.15, 0.2) is 11.5 Å². The lowest BCUT2D eigenvalue weighted by molar-refractivity contribution is 0.266. The van der Waals surface area contributed by atoms with Gasteiger partial charge in [-0.1, -0.05) is 51.0 Å². The summed E-state index contributed by atoms with van der Waals surface area (Å²) in [5.41, 5.74) is 1.68. The molecule has 0 aliphatic carbocycles. The molecule has 0 atom stereocenters. The molecule has 0 spiro atoms. The van der Waals surface area contributed by atoms with Crippen molar-refractivity contribution in [1.82, 2.24) is 0 Å². The number of benzene rings is 2. The minimum absolute atomic E-state index is 0.152. The molecule has 0 saturated carbocycles. The van der Waals surface area contributed by atoms with Crippen molar-refractivity contribution in [3.05, 3.63) is 54.1 Å². The Balaban J connectivity index is 1.84. The third-order valence-corrected chi connectivity index (χ3v) is 5.62. The Morgan fingerprint density at radius 2 is 1.43 bits per heavy atom. The molecule has 2 aromatic carbocycles. The van der Waals surface area contributed by atoms with E-state index in [-0.39, 0.29) is 5.75 Å². The van der Waals surface area contributed by atoms with Crippen LogP contribution < -0.4 is 14.2 Å². The van der Waals surface area contributed by atoms with Gasteiger partial charge in [-0.15, -0.1) is 0 Å². The second-order valence-corrected chi connectivity index (χ2v) is 8.56. The van der Waals surface area contributed by atoms with Crippen molar-refractivity contribution in [3.63, 3.8) is 0 Å². The van der Waals surface area contributed by atoms with Gasteiger partial charge in [0.05, 0.1) is 19.0 Å². The van der Waals surface area contributed by atoms with Crippen LogP contribution in [0.2, 0.25) is 0 Å². The number of hydrogen-bond donors (Lipinski definition) is 1. The molecule has 0 amide bonds. The summed E-state index contributed by atoms with van der Waals surface area (Å²) in [6.45, 7) is 5.32. The summed E-state index contributed by atoms with van der Waals surface area (Å²) in [7, 11) is -3.27. The molecule has 0 fully saturated rings. The fourth-order valence-corrected chi connectivity index (χ4v) is 3.86. The largest absolute Gasteiger partial charge is 0.490 e. The summed E-state index contributed by atoms with van der Waals surface area (Å²) >= 11 is 0. The maximum absolute atomic E-state index is 12.0. The molecular weight excluding hydrogens is 374 g/mol. The first-order chi connectivity index (χ1) is 13.5. The van der Waals surface area contributed by atoms with E-state index in [1.54, 1.807) is 12.1 Å². The van der Waals surface area contributed by atoms with Gasteiger partial charge in [-0.3, -0.25) is 4.72 Å². The Labute approximate surface area is 169 Å². The average molecular weight is 406 g/mol. The van der Waals surface area contributed by atoms with Crippen LogP contribution in [-0.2, 0) is 16.4 Å². The lowest BCUT2D eigenvalue weighted by Gasteiger charge is -2.13. The quantitative estimate of drug-likeness (QED) is 0.475. The second-order valence-electron chi connectivity index (χ2n) is 6.72. The van der Waals surface area contributed by atoms with E-state index >= 15 is 0 Å². The lowest BCUT2D eigenvalue weighted by Crippen LogP contribution is -2.16. The number of unbranched alkanes of at least 4 members (excludes halogenated alkanes) is 2. The minimum Gasteiger partial charge on any atom is -0.490 e. The first-order valence-electron chi connectivity index (χ1n) is 9.98. The van der Waals surface area contributed by atoms with E-state index in [4.69, 9.17) is 9.47 Å². The summed E-state index contributed by atoms with van der Waals surface area (Å²) in [4.78, 5) is 0. The first-order valence-corrected chi connectivity index (χ1v) is 11.6. The van der Waals surface area contributed by atoms with E-state index in [0.29, 0.717) is 25.3 Å². The maximum Gasteiger partial charge on any atom is 0.232 e. The molecule has 6 heteroatoms. The Hall–Kier alpha value is -2.21. The van der Waals surface area contributed by atoms with Gasteiger partial charge < -0.3 is 9.47 Å². The van der Waals surface area contributed by atoms with Crippen molar-refractivity contribution < 1.29 is 17.9 Å². The molecule has 5 nitrogen and oxygen atoms in total. The van der Waals surface area contributed by atoms with Crippen molar-refractivity contribution >= 4 is 15.7 Å². The third kappa shape index (κ3) is 7.80. The highest BCUT2D eigenvalue weighted by Gasteiger charge is 2.09. The van der Waals surface area contributed by atoms with Crippen molar-refractivity contribution in [3.8, 4) is 11.5 Å². The van der Waals surface area contributed by atoms with Crippen LogP contribution in [0.1, 0.15) is 45.1 Å². The number of anilines is 1. The van der Waals surface area contributed by atoms with Crippen molar-refractivity contribution in [2.45, 2.75) is 46.0 Å². The number of ether oxygens (including phenoxy) is 2. The van der Waals surface area contributed by atoms with Crippen LogP contribution in [0.4, 0.5) is 5.69 Å². The lowest BCUT2D eigenvalue weighted by atomic mass is 10.1. The maximum atomic E-state index is 12.0. The monoisotopic (exact) mass is 405 g/mol. The highest BCUT2D eigenvalue weighted by Crippen LogP contribution is 2.26. The molecule has 0 saturated heterocycles. The van der Waals surface area contributed by atoms with Gasteiger partial charge >= 0.3 is 0 Å². The summed E-state index contributed by atoms with van der Waals surface area (Å²) in [6.07, 6.45) is 4.35. The van der Waals surface area contributed by atoms with Gasteiger partial charge in [-0.05, 0) is 42.7 Å². The fraction of sp³-hybridized carbons (Fsp3) is 0.455. The van der Waals surface area contributed by atoms with E-state index in [9.17, 15) is 8.42 Å². The van der Waals surface area contributed by atoms with Crippen LogP contribution in [0.3, 0.4) is 0 Å². The van der Waals surface area contributed by atoms with Crippen LogP contribution in [0, 0.1) is 0 Å². The highest BCUT2D eigenvalue weighted by atomic mass is 32.2. The van der Waals surface area contributed by atoms with Crippen molar-refractivity contribution in [2.24, 2.45) is 0 Å². The number of rotatable bonds is 13. The molecule has 154 valence electrons. The van der Waals surface area contributed by atoms with Gasteiger partial charge in [-0.2, -0.15) is 0 Å². The van der Waals surface area contributed by atoms with Gasteiger partial charge in [0.25, 0.3) is 0 Å². The molecular formula is C22H31NO4S. The van der Waals surface area contributed by atoms with E-state index in [1.165, 1.54) is 0 Å². The number of nitrogens with one attached hydrogen (secondary N) is 1. The number of sulfonamides is 1. The second kappa shape index (κ2) is 11.6. The zero-order valence-corrected chi connectivity index (χ0v) is 17.6. The predicted molar refractivity (Wildman–Crippen MR) is 115 cm³/mol. The summed E-state index contributed by atoms with van der Waals surface area (Å²) in [5.74, 6) is 1.67. The standard InChI is InChI=1S/C22H31NO4S/c1-3-5-16-26-21-9-7-8-10-22(21)27-17-15-19-11-13-20(14-12-19)23-28(24,25)18-6-4-2/h7-14,23H,3-6,15-18H2,1-2H3. The predicted octanol–water partition coefficient (Wildman–Crippen LogP) is 5.03. The minimum atomic E-state index is -3.27. The van der Waals surface area contributed by atoms with Crippen LogP contribution in [0.25, 0.3) is 0 Å². The van der Waals surface area contributed by atoms with Crippen LogP contribution in [0.15, 0.2) is 48.5 Å². The normalized spacial score (nSPS) is 11.2.